The van der Waals surface area contributed by atoms with Gasteiger partial charge in [0.15, 0.2) is 0 Å². The van der Waals surface area contributed by atoms with E-state index in [1.807, 2.05) is 6.07 Å². The molecule has 1 fully saturated rings. The van der Waals surface area contributed by atoms with Crippen molar-refractivity contribution in [2.75, 3.05) is 12.4 Å². The van der Waals surface area contributed by atoms with Gasteiger partial charge in [0.05, 0.1) is 12.8 Å². The van der Waals surface area contributed by atoms with Crippen molar-refractivity contribution in [1.82, 2.24) is 4.90 Å². The average molecular weight is 262 g/mol. The zero-order chi connectivity index (χ0) is 11.8. The molecule has 0 spiro atoms. The van der Waals surface area contributed by atoms with Crippen molar-refractivity contribution in [3.05, 3.63) is 24.2 Å². The first-order chi connectivity index (χ1) is 7.55. The Morgan fingerprint density at radius 1 is 1.69 bits per heavy atom. The second-order valence-electron chi connectivity index (χ2n) is 4.19. The van der Waals surface area contributed by atoms with Crippen LogP contribution in [0.5, 0.6) is 0 Å². The van der Waals surface area contributed by atoms with Crippen molar-refractivity contribution < 1.29 is 9.21 Å². The number of furan rings is 1. The SMILES string of the molecule is C[C@]1(Cl)C(=O)N(Cc2ccco2)C[C@@H]1CCl. The van der Waals surface area contributed by atoms with E-state index in [-0.39, 0.29) is 11.8 Å². The summed E-state index contributed by atoms with van der Waals surface area (Å²) in [5.41, 5.74) is 0. The van der Waals surface area contributed by atoms with Gasteiger partial charge in [-0.25, -0.2) is 0 Å². The van der Waals surface area contributed by atoms with Gasteiger partial charge in [-0.15, -0.1) is 23.2 Å². The molecule has 2 atom stereocenters. The van der Waals surface area contributed by atoms with Gasteiger partial charge in [0, 0.05) is 18.3 Å². The van der Waals surface area contributed by atoms with Crippen LogP contribution in [0, 0.1) is 5.92 Å². The van der Waals surface area contributed by atoms with E-state index in [9.17, 15) is 4.79 Å². The lowest BCUT2D eigenvalue weighted by Gasteiger charge is -2.18. The largest absolute Gasteiger partial charge is 0.467 e. The van der Waals surface area contributed by atoms with E-state index in [0.717, 1.165) is 5.76 Å². The number of nitrogens with zero attached hydrogens (tertiary/aromatic N) is 1. The second-order valence-corrected chi connectivity index (χ2v) is 5.29. The molecule has 0 aliphatic carbocycles. The topological polar surface area (TPSA) is 33.5 Å². The third kappa shape index (κ3) is 1.94. The highest BCUT2D eigenvalue weighted by atomic mass is 35.5. The zero-order valence-electron chi connectivity index (χ0n) is 8.95. The molecule has 88 valence electrons. The lowest BCUT2D eigenvalue weighted by molar-refractivity contribution is -0.130. The van der Waals surface area contributed by atoms with E-state index in [2.05, 4.69) is 0 Å². The Balaban J connectivity index is 2.11. The number of amides is 1. The minimum Gasteiger partial charge on any atom is -0.467 e. The molecule has 2 heterocycles. The number of alkyl halides is 2. The molecule has 1 saturated heterocycles. The smallest absolute Gasteiger partial charge is 0.244 e. The van der Waals surface area contributed by atoms with Gasteiger partial charge in [-0.2, -0.15) is 0 Å². The van der Waals surface area contributed by atoms with Gasteiger partial charge >= 0.3 is 0 Å². The van der Waals surface area contributed by atoms with Crippen LogP contribution in [0.15, 0.2) is 22.8 Å². The fourth-order valence-corrected chi connectivity index (χ4v) is 2.68. The van der Waals surface area contributed by atoms with E-state index < -0.39 is 4.87 Å². The summed E-state index contributed by atoms with van der Waals surface area (Å²) in [7, 11) is 0. The standard InChI is InChI=1S/C11H13Cl2NO2/c1-11(13)8(5-12)6-14(10(11)15)7-9-3-2-4-16-9/h2-4,8H,5-7H2,1H3/t8-,11+/m0/s1. The molecule has 1 amide bonds. The molecule has 0 radical (unpaired) electrons. The molecule has 0 unspecified atom stereocenters. The van der Waals surface area contributed by atoms with E-state index in [1.54, 1.807) is 24.2 Å². The van der Waals surface area contributed by atoms with Gasteiger partial charge in [-0.05, 0) is 19.1 Å². The predicted molar refractivity (Wildman–Crippen MR) is 62.6 cm³/mol. The minimum atomic E-state index is -0.881. The number of carbonyl (C=O) groups is 1. The van der Waals surface area contributed by atoms with Crippen LogP contribution in [0.2, 0.25) is 0 Å². The maximum atomic E-state index is 12.0. The summed E-state index contributed by atoms with van der Waals surface area (Å²) in [5.74, 6) is 1.06. The summed E-state index contributed by atoms with van der Waals surface area (Å²) in [4.78, 5) is 12.8. The Hall–Kier alpha value is -0.670. The summed E-state index contributed by atoms with van der Waals surface area (Å²) in [5, 5.41) is 0. The number of halogens is 2. The maximum Gasteiger partial charge on any atom is 0.244 e. The van der Waals surface area contributed by atoms with Crippen LogP contribution in [0.25, 0.3) is 0 Å². The molecule has 1 aliphatic rings. The Morgan fingerprint density at radius 2 is 2.44 bits per heavy atom. The van der Waals surface area contributed by atoms with E-state index in [4.69, 9.17) is 27.6 Å². The first-order valence-electron chi connectivity index (χ1n) is 5.12. The number of hydrogen-bond acceptors (Lipinski definition) is 2. The van der Waals surface area contributed by atoms with E-state index >= 15 is 0 Å². The lowest BCUT2D eigenvalue weighted by atomic mass is 9.99. The first kappa shape index (κ1) is 11.8. The van der Waals surface area contributed by atoms with Gasteiger partial charge in [0.25, 0.3) is 0 Å². The van der Waals surface area contributed by atoms with Crippen LogP contribution < -0.4 is 0 Å². The molecule has 2 rings (SSSR count). The molecular formula is C11H13Cl2NO2. The molecule has 1 aromatic rings. The number of rotatable bonds is 3. The van der Waals surface area contributed by atoms with E-state index in [0.29, 0.717) is 19.0 Å². The third-order valence-corrected chi connectivity index (χ3v) is 3.87. The highest BCUT2D eigenvalue weighted by Gasteiger charge is 2.48. The van der Waals surface area contributed by atoms with Gasteiger partial charge < -0.3 is 9.32 Å². The molecule has 5 heteroatoms. The van der Waals surface area contributed by atoms with Crippen molar-refractivity contribution in [2.24, 2.45) is 5.92 Å². The van der Waals surface area contributed by atoms with Crippen LogP contribution in [0.3, 0.4) is 0 Å². The van der Waals surface area contributed by atoms with Gasteiger partial charge in [0.1, 0.15) is 10.6 Å². The number of likely N-dealkylation sites (tertiary alicyclic amines) is 1. The van der Waals surface area contributed by atoms with E-state index in [1.165, 1.54) is 0 Å². The average Bonchev–Trinajstić information content (AvgIpc) is 2.81. The molecule has 16 heavy (non-hydrogen) atoms. The fraction of sp³-hybridized carbons (Fsp3) is 0.545. The summed E-state index contributed by atoms with van der Waals surface area (Å²) >= 11 is 12.0. The summed E-state index contributed by atoms with van der Waals surface area (Å²) in [6.07, 6.45) is 1.59. The van der Waals surface area contributed by atoms with Crippen LogP contribution in [0.4, 0.5) is 0 Å². The third-order valence-electron chi connectivity index (χ3n) is 3.03. The Bertz CT molecular complexity index is 375. The molecule has 0 bridgehead atoms. The Morgan fingerprint density at radius 3 is 2.94 bits per heavy atom. The number of hydrogen-bond donors (Lipinski definition) is 0. The summed E-state index contributed by atoms with van der Waals surface area (Å²) in [6.45, 7) is 2.77. The molecule has 3 nitrogen and oxygen atoms in total. The normalized spacial score (nSPS) is 30.1. The van der Waals surface area contributed by atoms with Crippen molar-refractivity contribution in [3.63, 3.8) is 0 Å². The molecule has 0 saturated carbocycles. The van der Waals surface area contributed by atoms with Gasteiger partial charge in [-0.3, -0.25) is 4.79 Å². The monoisotopic (exact) mass is 261 g/mol. The first-order valence-corrected chi connectivity index (χ1v) is 6.03. The molecule has 1 aromatic heterocycles. The van der Waals surface area contributed by atoms with Gasteiger partial charge in [-0.1, -0.05) is 0 Å². The summed E-state index contributed by atoms with van der Waals surface area (Å²) in [6, 6.07) is 3.64. The summed E-state index contributed by atoms with van der Waals surface area (Å²) < 4.78 is 5.21. The second kappa shape index (κ2) is 4.30. The number of carbonyl (C=O) groups excluding carboxylic acids is 1. The van der Waals surface area contributed by atoms with Crippen molar-refractivity contribution in [2.45, 2.75) is 18.3 Å². The van der Waals surface area contributed by atoms with Crippen molar-refractivity contribution >= 4 is 29.1 Å². The van der Waals surface area contributed by atoms with Crippen molar-refractivity contribution in [3.8, 4) is 0 Å². The molecule has 0 N–H and O–H groups in total. The molecule has 1 aliphatic heterocycles. The quantitative estimate of drug-likeness (QED) is 0.784. The van der Waals surface area contributed by atoms with Crippen molar-refractivity contribution in [1.29, 1.82) is 0 Å². The molecule has 0 aromatic carbocycles. The zero-order valence-corrected chi connectivity index (χ0v) is 10.5. The van der Waals surface area contributed by atoms with Crippen LogP contribution in [-0.2, 0) is 11.3 Å². The highest BCUT2D eigenvalue weighted by molar-refractivity contribution is 6.36. The maximum absolute atomic E-state index is 12.0. The van der Waals surface area contributed by atoms with Crippen LogP contribution in [0.1, 0.15) is 12.7 Å². The predicted octanol–water partition coefficient (Wildman–Crippen LogP) is 2.47. The van der Waals surface area contributed by atoms with Gasteiger partial charge in [0.2, 0.25) is 5.91 Å². The highest BCUT2D eigenvalue weighted by Crippen LogP contribution is 2.36. The van der Waals surface area contributed by atoms with Crippen LogP contribution >= 0.6 is 23.2 Å². The van der Waals surface area contributed by atoms with Crippen LogP contribution in [-0.4, -0.2) is 28.1 Å². The Kier molecular flexibility index (Phi) is 3.17. The Labute approximate surface area is 104 Å². The minimum absolute atomic E-state index is 0.0155. The lowest BCUT2D eigenvalue weighted by Crippen LogP contribution is -2.35. The molecular weight excluding hydrogens is 249 g/mol. The fourth-order valence-electron chi connectivity index (χ4n) is 1.92.